The van der Waals surface area contributed by atoms with Crippen molar-refractivity contribution in [2.45, 2.75) is 51.7 Å². The van der Waals surface area contributed by atoms with E-state index in [0.717, 1.165) is 67.0 Å². The second-order valence-corrected chi connectivity index (χ2v) is 10.4. The average molecular weight is 477 g/mol. The van der Waals surface area contributed by atoms with E-state index in [2.05, 4.69) is 55.6 Å². The summed E-state index contributed by atoms with van der Waals surface area (Å²) in [6.45, 7) is 10.7. The standard InChI is InChI=1S/C26H33FN8/c1-16(2)35-17(3)29-25-22(27)11-18(12-23(25)35)21-5-6-34-24(21)15-28-26(31-34)30-19-13-20(14-19)33-9-7-32(4)8-10-33/h5-6,11-12,15-16,19-20H,7-10,13-14H2,1-4H3,(H,30,31)/t19-,20-. The third-order valence-electron chi connectivity index (χ3n) is 7.67. The van der Waals surface area contributed by atoms with Gasteiger partial charge in [-0.3, -0.25) is 4.90 Å². The molecule has 6 rings (SSSR count). The van der Waals surface area contributed by atoms with Gasteiger partial charge in [0.15, 0.2) is 5.82 Å². The van der Waals surface area contributed by atoms with Crippen LogP contribution in [0.1, 0.15) is 38.6 Å². The first-order chi connectivity index (χ1) is 16.9. The van der Waals surface area contributed by atoms with Crippen LogP contribution < -0.4 is 5.32 Å². The largest absolute Gasteiger partial charge is 0.350 e. The Labute approximate surface area is 204 Å². The monoisotopic (exact) mass is 476 g/mol. The Bertz CT molecular complexity index is 1380. The van der Waals surface area contributed by atoms with Gasteiger partial charge in [-0.15, -0.1) is 5.10 Å². The maximum absolute atomic E-state index is 15.0. The Hall–Kier alpha value is -3.04. The molecule has 35 heavy (non-hydrogen) atoms. The number of aromatic nitrogens is 5. The van der Waals surface area contributed by atoms with Gasteiger partial charge in [-0.25, -0.2) is 18.9 Å². The Morgan fingerprint density at radius 3 is 2.60 bits per heavy atom. The second kappa shape index (κ2) is 8.57. The lowest BCUT2D eigenvalue weighted by Crippen LogP contribution is -2.55. The number of anilines is 1. The van der Waals surface area contributed by atoms with Crippen LogP contribution in [0.5, 0.6) is 0 Å². The maximum Gasteiger partial charge on any atom is 0.241 e. The molecule has 1 saturated heterocycles. The zero-order valence-electron chi connectivity index (χ0n) is 20.9. The fraction of sp³-hybridized carbons (Fsp3) is 0.500. The third kappa shape index (κ3) is 3.96. The van der Waals surface area contributed by atoms with Gasteiger partial charge in [-0.2, -0.15) is 0 Å². The summed E-state index contributed by atoms with van der Waals surface area (Å²) < 4.78 is 18.9. The Balaban J connectivity index is 1.21. The van der Waals surface area contributed by atoms with E-state index in [1.807, 2.05) is 36.0 Å². The van der Waals surface area contributed by atoms with Crippen LogP contribution >= 0.6 is 0 Å². The number of nitrogens with one attached hydrogen (secondary N) is 1. The van der Waals surface area contributed by atoms with Crippen LogP contribution in [-0.4, -0.2) is 79.3 Å². The molecule has 0 radical (unpaired) electrons. The normalized spacial score (nSPS) is 21.8. The van der Waals surface area contributed by atoms with Crippen LogP contribution in [0.15, 0.2) is 30.6 Å². The van der Waals surface area contributed by atoms with Gasteiger partial charge in [0.05, 0.1) is 17.2 Å². The highest BCUT2D eigenvalue weighted by atomic mass is 19.1. The molecule has 0 amide bonds. The average Bonchev–Trinajstić information content (AvgIpc) is 3.37. The highest BCUT2D eigenvalue weighted by Gasteiger charge is 2.35. The molecule has 1 saturated carbocycles. The molecule has 9 heteroatoms. The highest BCUT2D eigenvalue weighted by molar-refractivity contribution is 5.88. The summed E-state index contributed by atoms with van der Waals surface area (Å²) in [5.74, 6) is 1.15. The fourth-order valence-electron chi connectivity index (χ4n) is 5.66. The lowest BCUT2D eigenvalue weighted by molar-refractivity contribution is 0.0656. The van der Waals surface area contributed by atoms with Crippen LogP contribution in [0.2, 0.25) is 0 Å². The first-order valence-corrected chi connectivity index (χ1v) is 12.6. The van der Waals surface area contributed by atoms with Crippen LogP contribution in [0.4, 0.5) is 10.3 Å². The molecular weight excluding hydrogens is 443 g/mol. The molecule has 0 bridgehead atoms. The van der Waals surface area contributed by atoms with Crippen molar-refractivity contribution in [1.82, 2.24) is 33.9 Å². The van der Waals surface area contributed by atoms with Crippen molar-refractivity contribution in [2.75, 3.05) is 38.5 Å². The van der Waals surface area contributed by atoms with Gasteiger partial charge in [0.1, 0.15) is 11.3 Å². The zero-order valence-corrected chi connectivity index (χ0v) is 20.9. The van der Waals surface area contributed by atoms with E-state index in [4.69, 9.17) is 0 Å². The molecule has 2 fully saturated rings. The number of likely N-dealkylation sites (N-methyl/N-ethyl adjacent to an activating group) is 1. The van der Waals surface area contributed by atoms with Crippen LogP contribution in [0.25, 0.3) is 27.7 Å². The molecule has 1 aromatic carbocycles. The van der Waals surface area contributed by atoms with Crippen molar-refractivity contribution in [3.05, 3.63) is 42.2 Å². The van der Waals surface area contributed by atoms with Crippen molar-refractivity contribution in [3.8, 4) is 11.1 Å². The minimum atomic E-state index is -0.307. The van der Waals surface area contributed by atoms with Gasteiger partial charge in [0.2, 0.25) is 5.95 Å². The topological polar surface area (TPSA) is 66.5 Å². The number of imidazole rings is 1. The summed E-state index contributed by atoms with van der Waals surface area (Å²) in [7, 11) is 2.19. The Kier molecular flexibility index (Phi) is 5.49. The van der Waals surface area contributed by atoms with Crippen molar-refractivity contribution in [3.63, 3.8) is 0 Å². The highest BCUT2D eigenvalue weighted by Crippen LogP contribution is 2.32. The predicted molar refractivity (Wildman–Crippen MR) is 136 cm³/mol. The van der Waals surface area contributed by atoms with Crippen molar-refractivity contribution in [1.29, 1.82) is 0 Å². The van der Waals surface area contributed by atoms with Gasteiger partial charge in [0, 0.05) is 56.1 Å². The molecule has 4 aromatic rings. The van der Waals surface area contributed by atoms with Crippen molar-refractivity contribution >= 4 is 22.5 Å². The molecular formula is C26H33FN8. The fourth-order valence-corrected chi connectivity index (χ4v) is 5.66. The third-order valence-corrected chi connectivity index (χ3v) is 7.67. The minimum Gasteiger partial charge on any atom is -0.350 e. The number of hydrogen-bond acceptors (Lipinski definition) is 6. The molecule has 1 aliphatic carbocycles. The summed E-state index contributed by atoms with van der Waals surface area (Å²) >= 11 is 0. The SMILES string of the molecule is Cc1nc2c(F)cc(-c3ccn4nc(N[C@H]5C[C@H](N6CCN(C)CC6)C5)ncc34)cc2n1C(C)C. The van der Waals surface area contributed by atoms with Gasteiger partial charge in [-0.05, 0) is 64.4 Å². The number of fused-ring (bicyclic) bond motifs is 2. The van der Waals surface area contributed by atoms with Gasteiger partial charge >= 0.3 is 0 Å². The molecule has 184 valence electrons. The van der Waals surface area contributed by atoms with E-state index in [1.165, 1.54) is 0 Å². The lowest BCUT2D eigenvalue weighted by Gasteiger charge is -2.46. The molecule has 2 aliphatic rings. The summed E-state index contributed by atoms with van der Waals surface area (Å²) in [6, 6.07) is 6.82. The number of piperazine rings is 1. The molecule has 3 aromatic heterocycles. The predicted octanol–water partition coefficient (Wildman–Crippen LogP) is 3.96. The van der Waals surface area contributed by atoms with E-state index < -0.39 is 0 Å². The number of halogens is 1. The van der Waals surface area contributed by atoms with E-state index in [9.17, 15) is 0 Å². The Morgan fingerprint density at radius 1 is 1.09 bits per heavy atom. The molecule has 4 heterocycles. The first kappa shape index (κ1) is 22.4. The molecule has 1 N–H and O–H groups in total. The van der Waals surface area contributed by atoms with Gasteiger partial charge in [0.25, 0.3) is 0 Å². The number of aryl methyl sites for hydroxylation is 1. The molecule has 0 unspecified atom stereocenters. The minimum absolute atomic E-state index is 0.194. The zero-order chi connectivity index (χ0) is 24.3. The first-order valence-electron chi connectivity index (χ1n) is 12.6. The van der Waals surface area contributed by atoms with Gasteiger partial charge < -0.3 is 14.8 Å². The van der Waals surface area contributed by atoms with Crippen LogP contribution in [0.3, 0.4) is 0 Å². The van der Waals surface area contributed by atoms with E-state index in [1.54, 1.807) is 6.07 Å². The lowest BCUT2D eigenvalue weighted by atomic mass is 9.85. The van der Waals surface area contributed by atoms with E-state index in [-0.39, 0.29) is 11.9 Å². The van der Waals surface area contributed by atoms with Crippen LogP contribution in [0, 0.1) is 12.7 Å². The number of rotatable bonds is 5. The van der Waals surface area contributed by atoms with Crippen molar-refractivity contribution < 1.29 is 4.39 Å². The van der Waals surface area contributed by atoms with Crippen molar-refractivity contribution in [2.24, 2.45) is 0 Å². The van der Waals surface area contributed by atoms with E-state index in [0.29, 0.717) is 23.5 Å². The maximum atomic E-state index is 15.0. The smallest absolute Gasteiger partial charge is 0.241 e. The summed E-state index contributed by atoms with van der Waals surface area (Å²) in [4.78, 5) is 14.1. The van der Waals surface area contributed by atoms with E-state index >= 15 is 4.39 Å². The summed E-state index contributed by atoms with van der Waals surface area (Å²) in [5, 5.41) is 8.19. The quantitative estimate of drug-likeness (QED) is 0.470. The summed E-state index contributed by atoms with van der Waals surface area (Å²) in [5.41, 5.74) is 3.79. The van der Waals surface area contributed by atoms with Gasteiger partial charge in [-0.1, -0.05) is 0 Å². The number of benzene rings is 1. The Morgan fingerprint density at radius 2 is 1.86 bits per heavy atom. The number of nitrogens with zero attached hydrogens (tertiary/aromatic N) is 7. The molecule has 0 spiro atoms. The van der Waals surface area contributed by atoms with Crippen LogP contribution in [-0.2, 0) is 0 Å². The number of hydrogen-bond donors (Lipinski definition) is 1. The second-order valence-electron chi connectivity index (χ2n) is 10.4. The molecule has 1 aliphatic heterocycles. The molecule has 8 nitrogen and oxygen atoms in total. The summed E-state index contributed by atoms with van der Waals surface area (Å²) in [6.07, 6.45) is 6.00. The molecule has 0 atom stereocenters.